The van der Waals surface area contributed by atoms with E-state index in [4.69, 9.17) is 23.7 Å². The van der Waals surface area contributed by atoms with Crippen LogP contribution in [0, 0.1) is 11.8 Å². The van der Waals surface area contributed by atoms with E-state index in [2.05, 4.69) is 27.7 Å². The molecule has 2 fully saturated rings. The van der Waals surface area contributed by atoms with Crippen LogP contribution in [0.3, 0.4) is 0 Å². The Morgan fingerprint density at radius 2 is 0.494 bits per heavy atom. The summed E-state index contributed by atoms with van der Waals surface area (Å²) in [6, 6.07) is 0. The molecule has 0 unspecified atom stereocenters. The van der Waals surface area contributed by atoms with Gasteiger partial charge in [0, 0.05) is 0 Å². The van der Waals surface area contributed by atoms with E-state index in [-0.39, 0.29) is 23.8 Å². The number of carbonyl (C=O) groups excluding carboxylic acids is 2. The summed E-state index contributed by atoms with van der Waals surface area (Å²) in [5, 5.41) is 66.2. The Balaban J connectivity index is 1.99. The van der Waals surface area contributed by atoms with Crippen molar-refractivity contribution in [3.63, 3.8) is 0 Å². The third-order valence-corrected chi connectivity index (χ3v) is 17.7. The van der Waals surface area contributed by atoms with Gasteiger partial charge in [-0.2, -0.15) is 0 Å². The van der Waals surface area contributed by atoms with Gasteiger partial charge in [-0.15, -0.1) is 0 Å². The molecule has 2 aliphatic heterocycles. The zero-order valence-electron chi connectivity index (χ0n) is 52.8. The van der Waals surface area contributed by atoms with Crippen LogP contribution >= 0.6 is 0 Å². The van der Waals surface area contributed by atoms with E-state index in [9.17, 15) is 40.2 Å². The largest absolute Gasteiger partial charge is 0.463 e. The second-order valence-corrected chi connectivity index (χ2v) is 25.1. The number of unbranched alkanes of at least 4 members (excludes halogenated alkanes) is 40. The molecule has 0 aliphatic carbocycles. The number of esters is 2. The maximum atomic E-state index is 13.8. The summed E-state index contributed by atoms with van der Waals surface area (Å²) >= 11 is 0. The van der Waals surface area contributed by atoms with E-state index >= 15 is 0 Å². The number of ether oxygens (including phenoxy) is 5. The molecule has 0 aromatic heterocycles. The average molecular weight is 1160 g/mol. The fourth-order valence-electron chi connectivity index (χ4n) is 12.0. The van der Waals surface area contributed by atoms with E-state index in [0.717, 1.165) is 77.0 Å². The highest BCUT2D eigenvalue weighted by atomic mass is 16.8. The van der Waals surface area contributed by atoms with Crippen molar-refractivity contribution in [2.75, 3.05) is 13.2 Å². The Hall–Kier alpha value is -1.42. The molecule has 2 heterocycles. The minimum absolute atomic E-state index is 0.320. The van der Waals surface area contributed by atoms with Gasteiger partial charge in [-0.1, -0.05) is 310 Å². The number of hydrogen-bond acceptors (Lipinski definition) is 13. The van der Waals surface area contributed by atoms with Crippen molar-refractivity contribution in [1.29, 1.82) is 0 Å². The molecular weight excluding hydrogens is 1020 g/mol. The van der Waals surface area contributed by atoms with Gasteiger partial charge in [0.15, 0.2) is 12.6 Å². The molecule has 2 rings (SSSR count). The highest BCUT2D eigenvalue weighted by molar-refractivity contribution is 5.72. The predicted octanol–water partition coefficient (Wildman–Crippen LogP) is 15.7. The van der Waals surface area contributed by atoms with Crippen molar-refractivity contribution in [3.05, 3.63) is 0 Å². The van der Waals surface area contributed by atoms with Crippen molar-refractivity contribution in [2.45, 2.75) is 397 Å². The van der Waals surface area contributed by atoms with Gasteiger partial charge in [-0.3, -0.25) is 9.59 Å². The number of hydrogen-bond donors (Lipinski definition) is 6. The second kappa shape index (κ2) is 51.8. The summed E-state index contributed by atoms with van der Waals surface area (Å²) in [5.74, 6) is -1.41. The van der Waals surface area contributed by atoms with E-state index in [1.807, 2.05) is 0 Å². The normalized spacial score (nSPS) is 23.2. The highest BCUT2D eigenvalue weighted by Crippen LogP contribution is 2.31. The van der Waals surface area contributed by atoms with Crippen LogP contribution in [-0.2, 0) is 33.3 Å². The van der Waals surface area contributed by atoms with E-state index in [1.54, 1.807) is 0 Å². The standard InChI is InChI=1S/C68H130O13/c1-5-9-13-17-21-25-29-33-37-41-45-49-55(50-46-42-38-34-30-26-22-18-14-10-6-2)65(75)77-53-57-59(69)61(71)63(73)67(79-57)81-68-64(74)62(72)60(70)58(80-68)54-78-66(76)56(51-47-43-39-35-31-27-23-19-15-11-7-3)52-48-44-40-36-32-28-24-20-16-12-8-4/h55-64,67-74H,5-54H2,1-4H3/t57-,58-,59-,60-,61+,62+,63-,64-,67-,68-/m1/s1. The molecule has 6 N–H and O–H groups in total. The molecule has 0 aromatic carbocycles. The van der Waals surface area contributed by atoms with Crippen molar-refractivity contribution >= 4 is 11.9 Å². The van der Waals surface area contributed by atoms with Crippen molar-refractivity contribution < 1.29 is 63.9 Å². The van der Waals surface area contributed by atoms with Gasteiger partial charge in [0.1, 0.15) is 62.0 Å². The average Bonchev–Trinajstić information content (AvgIpc) is 3.48. The minimum atomic E-state index is -1.82. The second-order valence-electron chi connectivity index (χ2n) is 25.1. The lowest BCUT2D eigenvalue weighted by Gasteiger charge is -2.44. The molecule has 2 aliphatic rings. The van der Waals surface area contributed by atoms with Gasteiger partial charge in [-0.05, 0) is 25.7 Å². The van der Waals surface area contributed by atoms with Gasteiger partial charge in [0.05, 0.1) is 11.8 Å². The molecule has 0 spiro atoms. The van der Waals surface area contributed by atoms with Crippen LogP contribution in [0.25, 0.3) is 0 Å². The minimum Gasteiger partial charge on any atom is -0.463 e. The van der Waals surface area contributed by atoms with E-state index < -0.39 is 74.6 Å². The van der Waals surface area contributed by atoms with Crippen LogP contribution < -0.4 is 0 Å². The Labute approximate surface area is 496 Å². The van der Waals surface area contributed by atoms with Gasteiger partial charge >= 0.3 is 11.9 Å². The third-order valence-electron chi connectivity index (χ3n) is 17.7. The number of rotatable bonds is 56. The maximum absolute atomic E-state index is 13.8. The molecule has 13 nitrogen and oxygen atoms in total. The zero-order valence-corrected chi connectivity index (χ0v) is 52.8. The summed E-state index contributed by atoms with van der Waals surface area (Å²) in [7, 11) is 0. The Morgan fingerprint density at radius 3 is 0.704 bits per heavy atom. The number of aliphatic hydroxyl groups excluding tert-OH is 6. The molecule has 81 heavy (non-hydrogen) atoms. The maximum Gasteiger partial charge on any atom is 0.309 e. The molecular formula is C68H130O13. The first-order valence-corrected chi connectivity index (χ1v) is 34.9. The lowest BCUT2D eigenvalue weighted by atomic mass is 9.94. The SMILES string of the molecule is CCCCCCCCCCCCCC(CCCCCCCCCCCCC)C(=O)OC[C@H]1O[C@H](O[C@H]2O[C@H](COC(=O)C(CCCCCCCCCCCCC)CCCCCCCCCCCCC)[C@@H](O)[C@H](O)[C@H]2O)[C@H](O)[C@@H](O)[C@@H]1O. The first-order chi connectivity index (χ1) is 39.5. The molecule has 0 saturated carbocycles. The smallest absolute Gasteiger partial charge is 0.309 e. The van der Waals surface area contributed by atoms with Crippen LogP contribution in [0.1, 0.15) is 336 Å². The summed E-state index contributed by atoms with van der Waals surface area (Å²) in [6.45, 7) is 8.15. The Kier molecular flexibility index (Phi) is 48.4. The molecule has 0 amide bonds. The third kappa shape index (κ3) is 36.4. The summed E-state index contributed by atoms with van der Waals surface area (Å²) in [5.41, 5.74) is 0. The van der Waals surface area contributed by atoms with Crippen LogP contribution in [0.2, 0.25) is 0 Å². The molecule has 0 aromatic rings. The van der Waals surface area contributed by atoms with Gasteiger partial charge in [0.25, 0.3) is 0 Å². The molecule has 2 saturated heterocycles. The van der Waals surface area contributed by atoms with Crippen molar-refractivity contribution in [2.24, 2.45) is 11.8 Å². The van der Waals surface area contributed by atoms with Crippen LogP contribution in [-0.4, -0.2) is 117 Å². The van der Waals surface area contributed by atoms with Crippen LogP contribution in [0.5, 0.6) is 0 Å². The fourth-order valence-corrected chi connectivity index (χ4v) is 12.0. The molecule has 13 heteroatoms. The zero-order chi connectivity index (χ0) is 59.0. The Morgan fingerprint density at radius 1 is 0.296 bits per heavy atom. The van der Waals surface area contributed by atoms with Gasteiger partial charge in [0.2, 0.25) is 0 Å². The number of carbonyl (C=O) groups is 2. The predicted molar refractivity (Wildman–Crippen MR) is 328 cm³/mol. The van der Waals surface area contributed by atoms with E-state index in [0.29, 0.717) is 25.7 Å². The molecule has 480 valence electrons. The summed E-state index contributed by atoms with van der Waals surface area (Å²) in [4.78, 5) is 27.6. The van der Waals surface area contributed by atoms with Crippen LogP contribution in [0.15, 0.2) is 0 Å². The molecule has 0 radical (unpaired) electrons. The Bertz CT molecular complexity index is 1270. The monoisotopic (exact) mass is 1150 g/mol. The first kappa shape index (κ1) is 75.7. The van der Waals surface area contributed by atoms with E-state index in [1.165, 1.54) is 205 Å². The first-order valence-electron chi connectivity index (χ1n) is 34.9. The molecule has 10 atom stereocenters. The van der Waals surface area contributed by atoms with Crippen molar-refractivity contribution in [1.82, 2.24) is 0 Å². The molecule has 0 bridgehead atoms. The topological polar surface area (TPSA) is 202 Å². The lowest BCUT2D eigenvalue weighted by molar-refractivity contribution is -0.376. The number of aliphatic hydroxyl groups is 6. The quantitative estimate of drug-likeness (QED) is 0.0248. The van der Waals surface area contributed by atoms with Gasteiger partial charge < -0.3 is 54.3 Å². The van der Waals surface area contributed by atoms with Crippen LogP contribution in [0.4, 0.5) is 0 Å². The van der Waals surface area contributed by atoms with Gasteiger partial charge in [-0.25, -0.2) is 0 Å². The van der Waals surface area contributed by atoms with Crippen molar-refractivity contribution in [3.8, 4) is 0 Å². The summed E-state index contributed by atoms with van der Waals surface area (Å²) < 4.78 is 29.4. The fraction of sp³-hybridized carbons (Fsp3) is 0.971. The highest BCUT2D eigenvalue weighted by Gasteiger charge is 2.50. The lowest BCUT2D eigenvalue weighted by Crippen LogP contribution is -2.64. The summed E-state index contributed by atoms with van der Waals surface area (Å²) in [6.07, 6.45) is 39.8.